The first kappa shape index (κ1) is 20.4. The third-order valence-electron chi connectivity index (χ3n) is 4.74. The van der Waals surface area contributed by atoms with Crippen LogP contribution in [0.5, 0.6) is 0 Å². The Balaban J connectivity index is 1.65. The van der Waals surface area contributed by atoms with E-state index in [9.17, 15) is 4.39 Å². The Bertz CT molecular complexity index is 897. The molecule has 1 atom stereocenters. The van der Waals surface area contributed by atoms with Crippen molar-refractivity contribution in [2.75, 3.05) is 19.3 Å². The molecule has 1 unspecified atom stereocenters. The number of aryl methyl sites for hydroxylation is 2. The van der Waals surface area contributed by atoms with Crippen molar-refractivity contribution in [2.24, 2.45) is 10.1 Å². The number of nitrogens with zero attached hydrogens (tertiary/aromatic N) is 3. The van der Waals surface area contributed by atoms with Crippen LogP contribution in [0.15, 0.2) is 51.4 Å². The highest BCUT2D eigenvalue weighted by Crippen LogP contribution is 2.29. The van der Waals surface area contributed by atoms with Gasteiger partial charge in [-0.1, -0.05) is 17.3 Å². The number of hydrogen-bond acceptors (Lipinski definition) is 4. The van der Waals surface area contributed by atoms with Gasteiger partial charge in [0.2, 0.25) is 0 Å². The van der Waals surface area contributed by atoms with Gasteiger partial charge in [0.05, 0.1) is 17.7 Å². The summed E-state index contributed by atoms with van der Waals surface area (Å²) in [4.78, 5) is 12.9. The smallest absolute Gasteiger partial charge is 0.142 e. The molecule has 0 aliphatic carbocycles. The van der Waals surface area contributed by atoms with Crippen LogP contribution >= 0.6 is 11.8 Å². The van der Waals surface area contributed by atoms with Gasteiger partial charge < -0.3 is 9.74 Å². The number of aliphatic imine (C=N–C) groups is 1. The van der Waals surface area contributed by atoms with Crippen molar-refractivity contribution in [1.82, 2.24) is 4.90 Å². The molecular weight excluding hydrogens is 373 g/mol. The zero-order valence-corrected chi connectivity index (χ0v) is 17.6. The van der Waals surface area contributed by atoms with Crippen molar-refractivity contribution >= 4 is 29.5 Å². The molecule has 0 amide bonds. The zero-order chi connectivity index (χ0) is 20.1. The van der Waals surface area contributed by atoms with E-state index in [2.05, 4.69) is 43.1 Å². The predicted octanol–water partition coefficient (Wildman–Crippen LogP) is 5.34. The van der Waals surface area contributed by atoms with Gasteiger partial charge in [-0.05, 0) is 56.2 Å². The number of hydrogen-bond donors (Lipinski definition) is 0. The summed E-state index contributed by atoms with van der Waals surface area (Å²) in [6.07, 6.45) is 2.53. The highest BCUT2D eigenvalue weighted by molar-refractivity contribution is 7.99. The van der Waals surface area contributed by atoms with Gasteiger partial charge in [-0.2, -0.15) is 0 Å². The van der Waals surface area contributed by atoms with E-state index >= 15 is 0 Å². The topological polar surface area (TPSA) is 37.2 Å². The highest BCUT2D eigenvalue weighted by Gasteiger charge is 2.24. The SMILES string of the molecule is CCN(C)C=Nc1cc(C)c(C2=NOC(CSc3ccccc3F)C2)cc1C. The van der Waals surface area contributed by atoms with E-state index in [0.717, 1.165) is 41.1 Å². The van der Waals surface area contributed by atoms with Crippen molar-refractivity contribution in [3.8, 4) is 0 Å². The molecule has 1 heterocycles. The summed E-state index contributed by atoms with van der Waals surface area (Å²) >= 11 is 1.47. The lowest BCUT2D eigenvalue weighted by Crippen LogP contribution is -2.14. The Hall–Kier alpha value is -2.34. The lowest BCUT2D eigenvalue weighted by atomic mass is 9.97. The average Bonchev–Trinajstić information content (AvgIpc) is 3.16. The fourth-order valence-corrected chi connectivity index (χ4v) is 3.84. The maximum atomic E-state index is 13.8. The minimum atomic E-state index is -0.192. The first-order chi connectivity index (χ1) is 13.5. The molecule has 0 radical (unpaired) electrons. The second-order valence-electron chi connectivity index (χ2n) is 6.98. The largest absolute Gasteiger partial charge is 0.391 e. The van der Waals surface area contributed by atoms with E-state index < -0.39 is 0 Å². The third-order valence-corrected chi connectivity index (χ3v) is 5.92. The van der Waals surface area contributed by atoms with Gasteiger partial charge in [0, 0.05) is 36.2 Å². The summed E-state index contributed by atoms with van der Waals surface area (Å²) in [5, 5.41) is 4.30. The number of oxime groups is 1. The van der Waals surface area contributed by atoms with Gasteiger partial charge in [0.15, 0.2) is 0 Å². The Morgan fingerprint density at radius 2 is 2.07 bits per heavy atom. The minimum absolute atomic E-state index is 0.0461. The molecule has 4 nitrogen and oxygen atoms in total. The second kappa shape index (κ2) is 9.24. The van der Waals surface area contributed by atoms with E-state index in [1.54, 1.807) is 12.1 Å². The van der Waals surface area contributed by atoms with Crippen LogP contribution in [0.3, 0.4) is 0 Å². The van der Waals surface area contributed by atoms with Crippen LogP contribution in [0.25, 0.3) is 0 Å². The van der Waals surface area contributed by atoms with E-state index in [-0.39, 0.29) is 11.9 Å². The zero-order valence-electron chi connectivity index (χ0n) is 16.8. The molecule has 0 N–H and O–H groups in total. The molecule has 0 saturated carbocycles. The van der Waals surface area contributed by atoms with E-state index in [1.165, 1.54) is 17.8 Å². The van der Waals surface area contributed by atoms with Crippen molar-refractivity contribution in [3.63, 3.8) is 0 Å². The van der Waals surface area contributed by atoms with Gasteiger partial charge in [0.25, 0.3) is 0 Å². The summed E-state index contributed by atoms with van der Waals surface area (Å²) in [5.74, 6) is 0.473. The fourth-order valence-electron chi connectivity index (χ4n) is 2.91. The highest BCUT2D eigenvalue weighted by atomic mass is 32.2. The standard InChI is InChI=1S/C22H26FN3OS/c1-5-26(4)14-24-20-11-15(2)18(10-16(20)3)21-12-17(27-25-21)13-28-22-9-7-6-8-19(22)23/h6-11,14,17H,5,12-13H2,1-4H3. The Labute approximate surface area is 170 Å². The maximum absolute atomic E-state index is 13.8. The van der Waals surface area contributed by atoms with Crippen LogP contribution < -0.4 is 0 Å². The predicted molar refractivity (Wildman–Crippen MR) is 116 cm³/mol. The fraction of sp³-hybridized carbons (Fsp3) is 0.364. The molecular formula is C22H26FN3OS. The molecule has 0 fully saturated rings. The minimum Gasteiger partial charge on any atom is -0.391 e. The lowest BCUT2D eigenvalue weighted by molar-refractivity contribution is 0.103. The first-order valence-corrected chi connectivity index (χ1v) is 10.4. The van der Waals surface area contributed by atoms with Crippen molar-refractivity contribution in [1.29, 1.82) is 0 Å². The maximum Gasteiger partial charge on any atom is 0.142 e. The number of rotatable bonds is 7. The summed E-state index contributed by atoms with van der Waals surface area (Å²) < 4.78 is 13.8. The number of benzene rings is 2. The quantitative estimate of drug-likeness (QED) is 0.358. The van der Waals surface area contributed by atoms with Crippen molar-refractivity contribution < 1.29 is 9.23 Å². The number of halogens is 1. The molecule has 0 aromatic heterocycles. The van der Waals surface area contributed by atoms with Crippen molar-refractivity contribution in [3.05, 3.63) is 58.9 Å². The van der Waals surface area contributed by atoms with Crippen molar-refractivity contribution in [2.45, 2.75) is 38.2 Å². The molecule has 1 aliphatic heterocycles. The Kier molecular flexibility index (Phi) is 6.73. The number of thioether (sulfide) groups is 1. The van der Waals surface area contributed by atoms with Crippen LogP contribution in [0.2, 0.25) is 0 Å². The summed E-state index contributed by atoms with van der Waals surface area (Å²) in [7, 11) is 2.00. The van der Waals surface area contributed by atoms with Gasteiger partial charge in [-0.25, -0.2) is 9.38 Å². The molecule has 0 spiro atoms. The van der Waals surface area contributed by atoms with Crippen LogP contribution in [0, 0.1) is 19.7 Å². The lowest BCUT2D eigenvalue weighted by Gasteiger charge is -2.12. The van der Waals surface area contributed by atoms with Gasteiger partial charge in [0.1, 0.15) is 11.9 Å². The van der Waals surface area contributed by atoms with Crippen LogP contribution in [-0.2, 0) is 4.84 Å². The van der Waals surface area contributed by atoms with E-state index in [4.69, 9.17) is 4.84 Å². The Morgan fingerprint density at radius 3 is 2.82 bits per heavy atom. The monoisotopic (exact) mass is 399 g/mol. The van der Waals surface area contributed by atoms with Crippen LogP contribution in [0.4, 0.5) is 10.1 Å². The molecule has 6 heteroatoms. The second-order valence-corrected chi connectivity index (χ2v) is 8.04. The van der Waals surface area contributed by atoms with E-state index in [0.29, 0.717) is 10.6 Å². The molecule has 3 rings (SSSR count). The summed E-state index contributed by atoms with van der Waals surface area (Å²) in [6.45, 7) is 7.14. The van der Waals surface area contributed by atoms with E-state index in [1.807, 2.05) is 24.4 Å². The average molecular weight is 400 g/mol. The molecule has 148 valence electrons. The van der Waals surface area contributed by atoms with Gasteiger partial charge in [-0.3, -0.25) is 0 Å². The molecule has 2 aromatic rings. The van der Waals surface area contributed by atoms with Crippen LogP contribution in [0.1, 0.15) is 30.0 Å². The first-order valence-electron chi connectivity index (χ1n) is 9.44. The van der Waals surface area contributed by atoms with Gasteiger partial charge in [-0.15, -0.1) is 11.8 Å². The van der Waals surface area contributed by atoms with Gasteiger partial charge >= 0.3 is 0 Å². The summed E-state index contributed by atoms with van der Waals surface area (Å²) in [6, 6.07) is 11.0. The molecule has 28 heavy (non-hydrogen) atoms. The third kappa shape index (κ3) is 4.93. The molecule has 0 bridgehead atoms. The van der Waals surface area contributed by atoms with Crippen LogP contribution in [-0.4, -0.2) is 42.4 Å². The molecule has 0 saturated heterocycles. The normalized spacial score (nSPS) is 16.3. The molecule has 1 aliphatic rings. The molecule has 2 aromatic carbocycles. The Morgan fingerprint density at radius 1 is 1.29 bits per heavy atom. The summed E-state index contributed by atoms with van der Waals surface area (Å²) in [5.41, 5.74) is 5.24.